The van der Waals surface area contributed by atoms with Crippen LogP contribution >= 0.6 is 0 Å². The molecule has 0 amide bonds. The summed E-state index contributed by atoms with van der Waals surface area (Å²) in [6.45, 7) is 6.20. The van der Waals surface area contributed by atoms with Crippen molar-refractivity contribution in [1.82, 2.24) is 4.57 Å². The van der Waals surface area contributed by atoms with Gasteiger partial charge in [0.2, 0.25) is 0 Å². The highest BCUT2D eigenvalue weighted by Crippen LogP contribution is 2.32. The lowest BCUT2D eigenvalue weighted by Crippen LogP contribution is -2.21. The topological polar surface area (TPSA) is 65.0 Å². The predicted molar refractivity (Wildman–Crippen MR) is 184 cm³/mol. The van der Waals surface area contributed by atoms with Gasteiger partial charge in [-0.2, -0.15) is 10.5 Å². The van der Waals surface area contributed by atoms with Gasteiger partial charge in [-0.15, -0.1) is 0 Å². The first kappa shape index (κ1) is 29.1. The average Bonchev–Trinajstić information content (AvgIpc) is 3.43. The number of ether oxygens (including phenoxy) is 1. The van der Waals surface area contributed by atoms with Crippen LogP contribution in [0.1, 0.15) is 25.0 Å². The van der Waals surface area contributed by atoms with Crippen molar-refractivity contribution in [3.63, 3.8) is 0 Å². The Morgan fingerprint density at radius 2 is 1.16 bits per heavy atom. The first-order chi connectivity index (χ1) is 22.1. The van der Waals surface area contributed by atoms with E-state index < -0.39 is 0 Å². The summed E-state index contributed by atoms with van der Waals surface area (Å²) in [5.74, 6) is 1.09. The minimum absolute atomic E-state index is 0.0363. The van der Waals surface area contributed by atoms with Gasteiger partial charge in [0.25, 0.3) is 0 Å². The summed E-state index contributed by atoms with van der Waals surface area (Å²) in [6, 6.07) is 37.7. The molecule has 0 radical (unpaired) electrons. The number of aromatic nitrogens is 1. The molecule has 5 nitrogen and oxygen atoms in total. The Balaban J connectivity index is 1.24. The third kappa shape index (κ3) is 6.07. The summed E-state index contributed by atoms with van der Waals surface area (Å²) >= 11 is 0. The van der Waals surface area contributed by atoms with Crippen LogP contribution in [0, 0.1) is 22.7 Å². The number of nitriles is 2. The highest BCUT2D eigenvalue weighted by molar-refractivity contribution is 6.09. The molecular formula is C40H32N4O. The van der Waals surface area contributed by atoms with Gasteiger partial charge in [0.05, 0.1) is 11.0 Å². The van der Waals surface area contributed by atoms with Crippen LogP contribution < -0.4 is 4.90 Å². The average molecular weight is 585 g/mol. The van der Waals surface area contributed by atoms with Gasteiger partial charge in [0.15, 0.2) is 0 Å². The zero-order chi connectivity index (χ0) is 31.2. The van der Waals surface area contributed by atoms with Gasteiger partial charge in [-0.3, -0.25) is 0 Å². The summed E-state index contributed by atoms with van der Waals surface area (Å²) < 4.78 is 8.44. The molecule has 0 unspecified atom stereocenters. The number of para-hydroxylation sites is 2. The van der Waals surface area contributed by atoms with Crippen molar-refractivity contribution in [2.45, 2.75) is 13.8 Å². The van der Waals surface area contributed by atoms with Crippen LogP contribution in [0.15, 0.2) is 144 Å². The monoisotopic (exact) mass is 584 g/mol. The second-order valence-electron chi connectivity index (χ2n) is 10.6. The van der Waals surface area contributed by atoms with Crippen LogP contribution in [-0.2, 0) is 4.74 Å². The van der Waals surface area contributed by atoms with E-state index in [1.54, 1.807) is 12.2 Å². The lowest BCUT2D eigenvalue weighted by Gasteiger charge is -2.20. The lowest BCUT2D eigenvalue weighted by atomic mass is 10.1. The molecule has 0 atom stereocenters. The molecule has 0 spiro atoms. The highest BCUT2D eigenvalue weighted by Gasteiger charge is 2.13. The maximum Gasteiger partial charge on any atom is 0.137 e. The Kier molecular flexibility index (Phi) is 8.45. The number of anilines is 1. The van der Waals surface area contributed by atoms with E-state index in [1.807, 2.05) is 36.4 Å². The van der Waals surface area contributed by atoms with E-state index in [4.69, 9.17) is 4.74 Å². The first-order valence-electron chi connectivity index (χ1n) is 15.1. The van der Waals surface area contributed by atoms with Crippen LogP contribution in [0.4, 0.5) is 5.69 Å². The number of hydrogen-bond donors (Lipinski definition) is 0. The number of benzene rings is 4. The van der Waals surface area contributed by atoms with Gasteiger partial charge < -0.3 is 14.2 Å². The standard InChI is InChI=1S/C40H32N4O/c1-3-43(4-2)33-19-13-29(14-20-33)17-23-35-25-31(32(27-41)28-42)26-36(45-35)24-18-30-15-21-34(22-16-30)44-39-11-7-5-9-37(39)38-10-6-8-12-40(38)44/h5-26H,3-4H2,1-2H3/b23-17+,24-18+. The van der Waals surface area contributed by atoms with Crippen LogP contribution in [0.5, 0.6) is 0 Å². The van der Waals surface area contributed by atoms with Crippen molar-refractivity contribution in [3.8, 4) is 17.8 Å². The van der Waals surface area contributed by atoms with Crippen LogP contribution in [0.25, 0.3) is 39.6 Å². The van der Waals surface area contributed by atoms with Crippen molar-refractivity contribution in [2.75, 3.05) is 18.0 Å². The van der Waals surface area contributed by atoms with E-state index >= 15 is 0 Å². The Morgan fingerprint density at radius 3 is 1.64 bits per heavy atom. The van der Waals surface area contributed by atoms with E-state index in [-0.39, 0.29) is 5.57 Å². The molecule has 4 aromatic carbocycles. The zero-order valence-corrected chi connectivity index (χ0v) is 25.3. The SMILES string of the molecule is CCN(CC)c1ccc(/C=C/C2=CC(=C(C#N)C#N)C=C(/C=C/c3ccc(-n4c5ccccc5c5ccccc54)cc3)O2)cc1. The van der Waals surface area contributed by atoms with Gasteiger partial charge in [0.1, 0.15) is 29.2 Å². The molecule has 0 saturated heterocycles. The molecule has 0 aliphatic carbocycles. The molecule has 1 aromatic heterocycles. The highest BCUT2D eigenvalue weighted by atomic mass is 16.5. The minimum atomic E-state index is 0.0363. The zero-order valence-electron chi connectivity index (χ0n) is 25.3. The Labute approximate surface area is 263 Å². The molecule has 6 rings (SSSR count). The van der Waals surface area contributed by atoms with Gasteiger partial charge in [-0.1, -0.05) is 72.8 Å². The first-order valence-corrected chi connectivity index (χ1v) is 15.1. The van der Waals surface area contributed by atoms with Crippen LogP contribution in [0.2, 0.25) is 0 Å². The van der Waals surface area contributed by atoms with Crippen molar-refractivity contribution in [2.24, 2.45) is 0 Å². The molecule has 1 aliphatic heterocycles. The predicted octanol–water partition coefficient (Wildman–Crippen LogP) is 9.50. The van der Waals surface area contributed by atoms with Crippen molar-refractivity contribution in [1.29, 1.82) is 10.5 Å². The van der Waals surface area contributed by atoms with Gasteiger partial charge >= 0.3 is 0 Å². The largest absolute Gasteiger partial charge is 0.457 e. The number of allylic oxidation sites excluding steroid dienone is 6. The molecular weight excluding hydrogens is 552 g/mol. The van der Waals surface area contributed by atoms with Crippen LogP contribution in [0.3, 0.4) is 0 Å². The molecule has 218 valence electrons. The van der Waals surface area contributed by atoms with Crippen molar-refractivity contribution >= 4 is 39.6 Å². The van der Waals surface area contributed by atoms with Gasteiger partial charge in [-0.05, 0) is 85.7 Å². The molecule has 0 fully saturated rings. The van der Waals surface area contributed by atoms with E-state index in [2.05, 4.69) is 120 Å². The Hall–Kier alpha value is -6.04. The summed E-state index contributed by atoms with van der Waals surface area (Å²) in [4.78, 5) is 2.30. The number of nitrogens with zero attached hydrogens (tertiary/aromatic N) is 4. The van der Waals surface area contributed by atoms with Crippen molar-refractivity contribution in [3.05, 3.63) is 155 Å². The second kappa shape index (κ2) is 13.1. The fraction of sp³-hybridized carbons (Fsp3) is 0.100. The fourth-order valence-corrected chi connectivity index (χ4v) is 5.68. The van der Waals surface area contributed by atoms with Crippen LogP contribution in [-0.4, -0.2) is 17.7 Å². The molecule has 5 heteroatoms. The molecule has 0 N–H and O–H groups in total. The second-order valence-corrected chi connectivity index (χ2v) is 10.6. The molecule has 0 bridgehead atoms. The molecule has 45 heavy (non-hydrogen) atoms. The summed E-state index contributed by atoms with van der Waals surface area (Å²) in [5.41, 5.74) is 7.17. The Morgan fingerprint density at radius 1 is 0.667 bits per heavy atom. The number of fused-ring (bicyclic) bond motifs is 3. The summed E-state index contributed by atoms with van der Waals surface area (Å²) in [5, 5.41) is 21.5. The minimum Gasteiger partial charge on any atom is -0.457 e. The molecule has 1 aliphatic rings. The summed E-state index contributed by atoms with van der Waals surface area (Å²) in [6.07, 6.45) is 11.1. The normalized spacial score (nSPS) is 13.0. The molecule has 2 heterocycles. The van der Waals surface area contributed by atoms with Gasteiger partial charge in [-0.25, -0.2) is 0 Å². The third-order valence-corrected chi connectivity index (χ3v) is 7.98. The fourth-order valence-electron chi connectivity index (χ4n) is 5.68. The van der Waals surface area contributed by atoms with E-state index in [9.17, 15) is 10.5 Å². The van der Waals surface area contributed by atoms with E-state index in [0.29, 0.717) is 17.1 Å². The maximum atomic E-state index is 9.54. The van der Waals surface area contributed by atoms with E-state index in [1.165, 1.54) is 27.5 Å². The lowest BCUT2D eigenvalue weighted by molar-refractivity contribution is 0.332. The molecule has 5 aromatic rings. The number of hydrogen-bond acceptors (Lipinski definition) is 4. The smallest absolute Gasteiger partial charge is 0.137 e. The molecule has 0 saturated carbocycles. The van der Waals surface area contributed by atoms with Crippen molar-refractivity contribution < 1.29 is 4.74 Å². The third-order valence-electron chi connectivity index (χ3n) is 7.98. The number of rotatable bonds is 8. The quantitative estimate of drug-likeness (QED) is 0.170. The van der Waals surface area contributed by atoms with E-state index in [0.717, 1.165) is 29.9 Å². The summed E-state index contributed by atoms with van der Waals surface area (Å²) in [7, 11) is 0. The maximum absolute atomic E-state index is 9.54. The Bertz CT molecular complexity index is 2030. The van der Waals surface area contributed by atoms with Gasteiger partial charge in [0, 0.05) is 40.8 Å².